The normalized spacial score (nSPS) is 17.9. The van der Waals surface area contributed by atoms with Gasteiger partial charge in [-0.15, -0.1) is 0 Å². The number of aldehydes is 1. The standard InChI is InChI=1S/C15H12N2O5/c16-14(21)8-5-12(19)17(6-8)15-10(7-18)13(20)9-3-1-2-4-11(9)22-15/h1-4,7-8H,5-6H2,(H2,16,21). The Morgan fingerprint density at radius 2 is 2.05 bits per heavy atom. The molecule has 2 amide bonds. The Kier molecular flexibility index (Phi) is 3.25. The van der Waals surface area contributed by atoms with E-state index in [2.05, 4.69) is 0 Å². The van der Waals surface area contributed by atoms with E-state index in [0.717, 1.165) is 4.90 Å². The van der Waals surface area contributed by atoms with Crippen molar-refractivity contribution in [3.63, 3.8) is 0 Å². The summed E-state index contributed by atoms with van der Waals surface area (Å²) in [6, 6.07) is 6.43. The molecule has 22 heavy (non-hydrogen) atoms. The van der Waals surface area contributed by atoms with Gasteiger partial charge in [0.15, 0.2) is 6.29 Å². The molecule has 1 aromatic carbocycles. The molecule has 7 heteroatoms. The van der Waals surface area contributed by atoms with Crippen molar-refractivity contribution in [2.24, 2.45) is 11.7 Å². The predicted molar refractivity (Wildman–Crippen MR) is 77.5 cm³/mol. The highest BCUT2D eigenvalue weighted by Crippen LogP contribution is 2.28. The molecule has 0 bridgehead atoms. The number of para-hydroxylation sites is 1. The Hall–Kier alpha value is -2.96. The van der Waals surface area contributed by atoms with Crippen molar-refractivity contribution in [2.45, 2.75) is 6.42 Å². The fraction of sp³-hybridized carbons (Fsp3) is 0.200. The SMILES string of the molecule is NC(=O)C1CC(=O)N(c2oc3ccccc3c(=O)c2C=O)C1. The Morgan fingerprint density at radius 3 is 2.68 bits per heavy atom. The number of hydrogen-bond donors (Lipinski definition) is 1. The minimum Gasteiger partial charge on any atom is -0.439 e. The van der Waals surface area contributed by atoms with Gasteiger partial charge in [0.25, 0.3) is 0 Å². The second-order valence-corrected chi connectivity index (χ2v) is 5.07. The van der Waals surface area contributed by atoms with Crippen LogP contribution in [0.3, 0.4) is 0 Å². The van der Waals surface area contributed by atoms with Gasteiger partial charge in [-0.1, -0.05) is 12.1 Å². The second-order valence-electron chi connectivity index (χ2n) is 5.07. The topological polar surface area (TPSA) is 111 Å². The number of anilines is 1. The van der Waals surface area contributed by atoms with Crippen LogP contribution < -0.4 is 16.1 Å². The highest BCUT2D eigenvalue weighted by atomic mass is 16.4. The minimum absolute atomic E-state index is 0.00368. The van der Waals surface area contributed by atoms with Crippen LogP contribution in [0.25, 0.3) is 11.0 Å². The maximum atomic E-state index is 12.3. The highest BCUT2D eigenvalue weighted by molar-refractivity contribution is 6.02. The first kappa shape index (κ1) is 14.0. The lowest BCUT2D eigenvalue weighted by Crippen LogP contribution is -2.30. The van der Waals surface area contributed by atoms with Gasteiger partial charge in [-0.3, -0.25) is 24.1 Å². The van der Waals surface area contributed by atoms with Gasteiger partial charge in [0.05, 0.1) is 11.3 Å². The molecule has 0 spiro atoms. The molecule has 0 radical (unpaired) electrons. The van der Waals surface area contributed by atoms with Gasteiger partial charge in [0.2, 0.25) is 23.1 Å². The summed E-state index contributed by atoms with van der Waals surface area (Å²) in [4.78, 5) is 48.0. The summed E-state index contributed by atoms with van der Waals surface area (Å²) in [5, 5.41) is 0.256. The van der Waals surface area contributed by atoms with E-state index >= 15 is 0 Å². The largest absolute Gasteiger partial charge is 0.439 e. The number of nitrogens with two attached hydrogens (primary N) is 1. The number of hydrogen-bond acceptors (Lipinski definition) is 5. The van der Waals surface area contributed by atoms with Gasteiger partial charge in [0, 0.05) is 13.0 Å². The van der Waals surface area contributed by atoms with Gasteiger partial charge >= 0.3 is 0 Å². The highest BCUT2D eigenvalue weighted by Gasteiger charge is 2.37. The number of fused-ring (bicyclic) bond motifs is 1. The number of amides is 2. The monoisotopic (exact) mass is 300 g/mol. The Labute approximate surface area is 124 Å². The van der Waals surface area contributed by atoms with E-state index in [1.807, 2.05) is 0 Å². The molecule has 2 N–H and O–H groups in total. The van der Waals surface area contributed by atoms with Gasteiger partial charge < -0.3 is 10.2 Å². The van der Waals surface area contributed by atoms with E-state index < -0.39 is 23.2 Å². The van der Waals surface area contributed by atoms with E-state index in [-0.39, 0.29) is 35.4 Å². The van der Waals surface area contributed by atoms with Crippen molar-refractivity contribution in [1.82, 2.24) is 0 Å². The number of carbonyl (C=O) groups is 3. The number of nitrogens with zero attached hydrogens (tertiary/aromatic N) is 1. The summed E-state index contributed by atoms with van der Waals surface area (Å²) in [5.74, 6) is -1.81. The Morgan fingerprint density at radius 1 is 1.32 bits per heavy atom. The molecule has 1 fully saturated rings. The lowest BCUT2D eigenvalue weighted by atomic mass is 10.1. The first-order valence-corrected chi connectivity index (χ1v) is 6.63. The number of carbonyl (C=O) groups excluding carboxylic acids is 3. The first-order valence-electron chi connectivity index (χ1n) is 6.63. The molecule has 1 atom stereocenters. The van der Waals surface area contributed by atoms with Gasteiger partial charge in [-0.25, -0.2) is 0 Å². The molecule has 1 unspecified atom stereocenters. The summed E-state index contributed by atoms with van der Waals surface area (Å²) in [5.41, 5.74) is 4.73. The Balaban J connectivity index is 2.19. The van der Waals surface area contributed by atoms with E-state index in [0.29, 0.717) is 6.29 Å². The summed E-state index contributed by atoms with van der Waals surface area (Å²) >= 11 is 0. The first-order chi connectivity index (χ1) is 10.5. The van der Waals surface area contributed by atoms with Crippen molar-refractivity contribution < 1.29 is 18.8 Å². The lowest BCUT2D eigenvalue weighted by Gasteiger charge is -2.16. The maximum Gasteiger partial charge on any atom is 0.230 e. The quantitative estimate of drug-likeness (QED) is 0.827. The number of benzene rings is 1. The fourth-order valence-corrected chi connectivity index (χ4v) is 2.54. The zero-order valence-corrected chi connectivity index (χ0v) is 11.4. The van der Waals surface area contributed by atoms with Crippen LogP contribution in [0.4, 0.5) is 5.88 Å². The molecule has 1 aliphatic rings. The molecule has 1 aliphatic heterocycles. The van der Waals surface area contributed by atoms with E-state index in [1.54, 1.807) is 18.2 Å². The zero-order chi connectivity index (χ0) is 15.9. The molecule has 3 rings (SSSR count). The van der Waals surface area contributed by atoms with E-state index in [4.69, 9.17) is 10.2 Å². The summed E-state index contributed by atoms with van der Waals surface area (Å²) < 4.78 is 5.57. The molecule has 1 saturated heterocycles. The van der Waals surface area contributed by atoms with Crippen molar-refractivity contribution in [3.05, 3.63) is 40.1 Å². The van der Waals surface area contributed by atoms with Crippen molar-refractivity contribution in [3.8, 4) is 0 Å². The van der Waals surface area contributed by atoms with Crippen molar-refractivity contribution >= 4 is 35.0 Å². The van der Waals surface area contributed by atoms with Crippen molar-refractivity contribution in [2.75, 3.05) is 11.4 Å². The summed E-state index contributed by atoms with van der Waals surface area (Å²) in [7, 11) is 0. The number of primary amides is 1. The van der Waals surface area contributed by atoms with Crippen LogP contribution in [0.15, 0.2) is 33.5 Å². The molecule has 2 heterocycles. The van der Waals surface area contributed by atoms with Crippen LogP contribution in [0.5, 0.6) is 0 Å². The molecule has 112 valence electrons. The van der Waals surface area contributed by atoms with Gasteiger partial charge in [-0.05, 0) is 12.1 Å². The molecule has 0 aliphatic carbocycles. The van der Waals surface area contributed by atoms with Crippen LogP contribution in [0, 0.1) is 5.92 Å². The third-order valence-electron chi connectivity index (χ3n) is 3.70. The zero-order valence-electron chi connectivity index (χ0n) is 11.4. The Bertz CT molecular complexity index is 855. The van der Waals surface area contributed by atoms with Crippen LogP contribution in [0.2, 0.25) is 0 Å². The molecule has 0 saturated carbocycles. The van der Waals surface area contributed by atoms with E-state index in [1.165, 1.54) is 6.07 Å². The summed E-state index contributed by atoms with van der Waals surface area (Å²) in [6.07, 6.45) is 0.294. The van der Waals surface area contributed by atoms with Crippen LogP contribution in [-0.2, 0) is 9.59 Å². The second kappa shape index (κ2) is 5.10. The average molecular weight is 300 g/mol. The molecule has 2 aromatic rings. The maximum absolute atomic E-state index is 12.3. The number of rotatable bonds is 3. The van der Waals surface area contributed by atoms with Gasteiger partial charge in [-0.2, -0.15) is 0 Å². The average Bonchev–Trinajstić information content (AvgIpc) is 2.89. The molecular formula is C15H12N2O5. The smallest absolute Gasteiger partial charge is 0.230 e. The molecule has 1 aromatic heterocycles. The molecular weight excluding hydrogens is 288 g/mol. The van der Waals surface area contributed by atoms with Gasteiger partial charge in [0.1, 0.15) is 11.1 Å². The van der Waals surface area contributed by atoms with E-state index in [9.17, 15) is 19.2 Å². The van der Waals surface area contributed by atoms with Crippen molar-refractivity contribution in [1.29, 1.82) is 0 Å². The van der Waals surface area contributed by atoms with Crippen LogP contribution >= 0.6 is 0 Å². The fourth-order valence-electron chi connectivity index (χ4n) is 2.54. The van der Waals surface area contributed by atoms with Crippen LogP contribution in [0.1, 0.15) is 16.8 Å². The third-order valence-corrected chi connectivity index (χ3v) is 3.70. The molecule has 7 nitrogen and oxygen atoms in total. The third kappa shape index (κ3) is 2.07. The van der Waals surface area contributed by atoms with Crippen LogP contribution in [-0.4, -0.2) is 24.6 Å². The summed E-state index contributed by atoms with van der Waals surface area (Å²) in [6.45, 7) is -0.00368. The predicted octanol–water partition coefficient (Wildman–Crippen LogP) is 0.444. The minimum atomic E-state index is -0.663. The lowest BCUT2D eigenvalue weighted by molar-refractivity contribution is -0.123.